The fraction of sp³-hybridized carbons (Fsp3) is 0.429. The molecule has 1 fully saturated rings. The summed E-state index contributed by atoms with van der Waals surface area (Å²) in [6.07, 6.45) is -1.02. The topological polar surface area (TPSA) is 63.7 Å². The molecular formula is C21H22FN3O3. The molecule has 146 valence electrons. The number of nitrogens with zero attached hydrogens (tertiary/aromatic N) is 2. The van der Waals surface area contributed by atoms with Gasteiger partial charge in [-0.05, 0) is 41.8 Å². The average molecular weight is 383 g/mol. The van der Waals surface area contributed by atoms with Gasteiger partial charge in [-0.15, -0.1) is 0 Å². The SMILES string of the molecule is Cc1cc2c(nc1N1CC[C@@H](Oc3ccc4c(c3)COC4)[C@@H](F)C1)CNC2=O. The lowest BCUT2D eigenvalue weighted by atomic mass is 10.0. The third-order valence-electron chi connectivity index (χ3n) is 5.69. The van der Waals surface area contributed by atoms with E-state index >= 15 is 0 Å². The number of pyridine rings is 1. The molecule has 0 radical (unpaired) electrons. The molecule has 1 saturated heterocycles. The molecule has 1 aromatic carbocycles. The molecule has 5 rings (SSSR count). The number of rotatable bonds is 3. The highest BCUT2D eigenvalue weighted by Gasteiger charge is 2.33. The fourth-order valence-electron chi connectivity index (χ4n) is 4.16. The van der Waals surface area contributed by atoms with Crippen LogP contribution in [0, 0.1) is 6.92 Å². The van der Waals surface area contributed by atoms with E-state index in [9.17, 15) is 9.18 Å². The molecule has 1 aromatic heterocycles. The number of halogens is 1. The van der Waals surface area contributed by atoms with Gasteiger partial charge in [0, 0.05) is 13.0 Å². The number of fused-ring (bicyclic) bond motifs is 2. The smallest absolute Gasteiger partial charge is 0.253 e. The predicted molar refractivity (Wildman–Crippen MR) is 101 cm³/mol. The van der Waals surface area contributed by atoms with E-state index in [1.807, 2.05) is 36.1 Å². The summed E-state index contributed by atoms with van der Waals surface area (Å²) in [6, 6.07) is 7.69. The van der Waals surface area contributed by atoms with Crippen molar-refractivity contribution in [3.05, 3.63) is 52.2 Å². The molecule has 0 aliphatic carbocycles. The first-order valence-corrected chi connectivity index (χ1v) is 9.62. The molecule has 4 heterocycles. The summed E-state index contributed by atoms with van der Waals surface area (Å²) < 4.78 is 26.3. The van der Waals surface area contributed by atoms with Gasteiger partial charge >= 0.3 is 0 Å². The summed E-state index contributed by atoms with van der Waals surface area (Å²) in [5, 5.41) is 2.78. The van der Waals surface area contributed by atoms with E-state index in [-0.39, 0.29) is 12.5 Å². The van der Waals surface area contributed by atoms with Crippen molar-refractivity contribution in [3.63, 3.8) is 0 Å². The van der Waals surface area contributed by atoms with Gasteiger partial charge in [-0.2, -0.15) is 0 Å². The molecule has 2 atom stereocenters. The Kier molecular flexibility index (Phi) is 4.19. The molecule has 6 nitrogen and oxygen atoms in total. The Morgan fingerprint density at radius 2 is 2.14 bits per heavy atom. The second kappa shape index (κ2) is 6.74. The molecule has 0 bridgehead atoms. The highest BCUT2D eigenvalue weighted by Crippen LogP contribution is 2.30. The van der Waals surface area contributed by atoms with Gasteiger partial charge in [0.2, 0.25) is 0 Å². The highest BCUT2D eigenvalue weighted by molar-refractivity contribution is 5.98. The van der Waals surface area contributed by atoms with E-state index in [0.29, 0.717) is 44.0 Å². The van der Waals surface area contributed by atoms with Crippen molar-refractivity contribution in [2.75, 3.05) is 18.0 Å². The van der Waals surface area contributed by atoms with Gasteiger partial charge in [-0.25, -0.2) is 9.37 Å². The molecule has 0 spiro atoms. The van der Waals surface area contributed by atoms with E-state index in [1.165, 1.54) is 5.56 Å². The summed E-state index contributed by atoms with van der Waals surface area (Å²) in [5.41, 5.74) is 4.54. The van der Waals surface area contributed by atoms with Gasteiger partial charge in [-0.1, -0.05) is 6.07 Å². The minimum atomic E-state index is -1.12. The number of aryl methyl sites for hydroxylation is 1. The van der Waals surface area contributed by atoms with E-state index in [2.05, 4.69) is 10.3 Å². The Hall–Kier alpha value is -2.67. The van der Waals surface area contributed by atoms with Gasteiger partial charge in [0.15, 0.2) is 6.17 Å². The molecule has 0 unspecified atom stereocenters. The second-order valence-corrected chi connectivity index (χ2v) is 7.64. The minimum Gasteiger partial charge on any atom is -0.487 e. The lowest BCUT2D eigenvalue weighted by Gasteiger charge is -2.36. The van der Waals surface area contributed by atoms with Crippen LogP contribution in [-0.4, -0.2) is 36.3 Å². The van der Waals surface area contributed by atoms with Gasteiger partial charge in [-0.3, -0.25) is 4.79 Å². The number of carbonyl (C=O) groups excluding carboxylic acids is 1. The van der Waals surface area contributed by atoms with Crippen LogP contribution in [0.3, 0.4) is 0 Å². The van der Waals surface area contributed by atoms with Crippen LogP contribution < -0.4 is 15.0 Å². The molecule has 3 aliphatic heterocycles. The summed E-state index contributed by atoms with van der Waals surface area (Å²) in [7, 11) is 0. The first kappa shape index (κ1) is 17.4. The summed E-state index contributed by atoms with van der Waals surface area (Å²) in [6.45, 7) is 4.46. The van der Waals surface area contributed by atoms with Crippen molar-refractivity contribution in [2.24, 2.45) is 0 Å². The molecule has 3 aliphatic rings. The largest absolute Gasteiger partial charge is 0.487 e. The quantitative estimate of drug-likeness (QED) is 0.883. The van der Waals surface area contributed by atoms with Crippen LogP contribution >= 0.6 is 0 Å². The number of anilines is 1. The number of piperidine rings is 1. The van der Waals surface area contributed by atoms with Crippen LogP contribution in [0.25, 0.3) is 0 Å². The number of ether oxygens (including phenoxy) is 2. The first-order valence-electron chi connectivity index (χ1n) is 9.62. The van der Waals surface area contributed by atoms with Crippen LogP contribution in [0.2, 0.25) is 0 Å². The number of alkyl halides is 1. The molecule has 2 aromatic rings. The van der Waals surface area contributed by atoms with Crippen molar-refractivity contribution in [3.8, 4) is 5.75 Å². The maximum Gasteiger partial charge on any atom is 0.253 e. The zero-order valence-electron chi connectivity index (χ0n) is 15.7. The third kappa shape index (κ3) is 2.99. The number of amides is 1. The fourth-order valence-corrected chi connectivity index (χ4v) is 4.16. The molecule has 1 amide bonds. The van der Waals surface area contributed by atoms with Gasteiger partial charge < -0.3 is 19.7 Å². The Bertz CT molecular complexity index is 949. The van der Waals surface area contributed by atoms with Crippen LogP contribution in [0.15, 0.2) is 24.3 Å². The lowest BCUT2D eigenvalue weighted by molar-refractivity contribution is 0.0817. The van der Waals surface area contributed by atoms with Crippen molar-refractivity contribution in [1.82, 2.24) is 10.3 Å². The summed E-state index contributed by atoms with van der Waals surface area (Å²) in [5.74, 6) is 1.36. The normalized spacial score (nSPS) is 23.4. The van der Waals surface area contributed by atoms with Crippen LogP contribution in [0.4, 0.5) is 10.2 Å². The van der Waals surface area contributed by atoms with Crippen LogP contribution in [0.1, 0.15) is 39.2 Å². The minimum absolute atomic E-state index is 0.0904. The second-order valence-electron chi connectivity index (χ2n) is 7.64. The molecule has 28 heavy (non-hydrogen) atoms. The van der Waals surface area contributed by atoms with Gasteiger partial charge in [0.25, 0.3) is 5.91 Å². The monoisotopic (exact) mass is 383 g/mol. The molecule has 0 saturated carbocycles. The summed E-state index contributed by atoms with van der Waals surface area (Å²) >= 11 is 0. The maximum atomic E-state index is 14.9. The maximum absolute atomic E-state index is 14.9. The zero-order valence-corrected chi connectivity index (χ0v) is 15.7. The van der Waals surface area contributed by atoms with Gasteiger partial charge in [0.05, 0.1) is 37.6 Å². The van der Waals surface area contributed by atoms with Crippen molar-refractivity contribution < 1.29 is 18.7 Å². The number of benzene rings is 1. The molecule has 7 heteroatoms. The average Bonchev–Trinajstić information content (AvgIpc) is 3.29. The Morgan fingerprint density at radius 3 is 3.00 bits per heavy atom. The predicted octanol–water partition coefficient (Wildman–Crippen LogP) is 2.66. The van der Waals surface area contributed by atoms with Crippen molar-refractivity contribution >= 4 is 11.7 Å². The number of nitrogens with one attached hydrogen (secondary N) is 1. The van der Waals surface area contributed by atoms with E-state index in [1.54, 1.807) is 0 Å². The number of hydrogen-bond acceptors (Lipinski definition) is 5. The third-order valence-corrected chi connectivity index (χ3v) is 5.69. The van der Waals surface area contributed by atoms with E-state index in [4.69, 9.17) is 9.47 Å². The standard InChI is InChI=1S/C21H22FN3O3/c1-12-6-16-18(8-23-21(16)26)24-20(12)25-5-4-19(17(22)9-25)28-15-3-2-13-10-27-11-14(13)7-15/h2-3,6-7,17,19H,4-5,8-11H2,1H3,(H,23,26)/t17-,19+/m0/s1. The van der Waals surface area contributed by atoms with Gasteiger partial charge in [0.1, 0.15) is 17.7 Å². The Labute approximate surface area is 162 Å². The van der Waals surface area contributed by atoms with Crippen molar-refractivity contribution in [2.45, 2.75) is 45.4 Å². The lowest BCUT2D eigenvalue weighted by Crippen LogP contribution is -2.47. The number of hydrogen-bond donors (Lipinski definition) is 1. The van der Waals surface area contributed by atoms with E-state index < -0.39 is 12.3 Å². The van der Waals surface area contributed by atoms with Crippen LogP contribution in [0.5, 0.6) is 5.75 Å². The molecular weight excluding hydrogens is 361 g/mol. The highest BCUT2D eigenvalue weighted by atomic mass is 19.1. The zero-order chi connectivity index (χ0) is 19.3. The number of carbonyl (C=O) groups is 1. The van der Waals surface area contributed by atoms with Crippen LogP contribution in [-0.2, 0) is 24.5 Å². The Morgan fingerprint density at radius 1 is 1.29 bits per heavy atom. The Balaban J connectivity index is 1.29. The van der Waals surface area contributed by atoms with Crippen molar-refractivity contribution in [1.29, 1.82) is 0 Å². The summed E-state index contributed by atoms with van der Waals surface area (Å²) in [4.78, 5) is 18.4. The van der Waals surface area contributed by atoms with E-state index in [0.717, 1.165) is 22.6 Å². The number of aromatic nitrogens is 1. The first-order chi connectivity index (χ1) is 13.6. The molecule has 1 N–H and O–H groups in total.